The highest BCUT2D eigenvalue weighted by Crippen LogP contribution is 2.23. The molecule has 0 atom stereocenters. The number of anilines is 1. The molecule has 1 amide bonds. The number of aromatic nitrogens is 2. The Morgan fingerprint density at radius 1 is 1.12 bits per heavy atom. The highest BCUT2D eigenvalue weighted by atomic mass is 16.5. The lowest BCUT2D eigenvalue weighted by Crippen LogP contribution is -2.21. The second-order valence-electron chi connectivity index (χ2n) is 4.75. The van der Waals surface area contributed by atoms with Crippen molar-refractivity contribution in [1.82, 2.24) is 9.97 Å². The molecule has 1 aromatic heterocycles. The molecule has 134 valence electrons. The average Bonchev–Trinajstić information content (AvgIpc) is 2.63. The third kappa shape index (κ3) is 5.52. The standard InChI is InChI=1S/C17H21N3O5/c1-4-23-16-14(10-18-17(20-16)24-5-2)19-15(21)11-25-13-8-6-7-12(9-13)22-3/h6-10H,4-5,11H2,1-3H3,(H,19,21). The number of nitrogens with one attached hydrogen (secondary N) is 1. The molecule has 8 heteroatoms. The van der Waals surface area contributed by atoms with Crippen LogP contribution in [-0.4, -0.2) is 42.8 Å². The summed E-state index contributed by atoms with van der Waals surface area (Å²) in [5.41, 5.74) is 0.351. The molecular formula is C17H21N3O5. The third-order valence-corrected chi connectivity index (χ3v) is 2.97. The third-order valence-electron chi connectivity index (χ3n) is 2.97. The quantitative estimate of drug-likeness (QED) is 0.744. The minimum absolute atomic E-state index is 0.175. The van der Waals surface area contributed by atoms with E-state index in [4.69, 9.17) is 18.9 Å². The molecule has 1 aromatic carbocycles. The molecule has 0 bridgehead atoms. The van der Waals surface area contributed by atoms with Gasteiger partial charge in [-0.15, -0.1) is 0 Å². The number of hydrogen-bond acceptors (Lipinski definition) is 7. The number of ether oxygens (including phenoxy) is 4. The van der Waals surface area contributed by atoms with E-state index in [-0.39, 0.29) is 24.4 Å². The first-order chi connectivity index (χ1) is 12.2. The van der Waals surface area contributed by atoms with E-state index >= 15 is 0 Å². The molecule has 0 spiro atoms. The van der Waals surface area contributed by atoms with Gasteiger partial charge < -0.3 is 24.3 Å². The number of carbonyl (C=O) groups is 1. The molecule has 1 heterocycles. The van der Waals surface area contributed by atoms with E-state index in [2.05, 4.69) is 15.3 Å². The van der Waals surface area contributed by atoms with Crippen molar-refractivity contribution in [3.05, 3.63) is 30.5 Å². The van der Waals surface area contributed by atoms with Crippen LogP contribution in [0.15, 0.2) is 30.5 Å². The number of nitrogens with zero attached hydrogens (tertiary/aromatic N) is 2. The molecule has 2 rings (SSSR count). The summed E-state index contributed by atoms with van der Waals surface area (Å²) >= 11 is 0. The van der Waals surface area contributed by atoms with Gasteiger partial charge in [0.1, 0.15) is 17.2 Å². The Balaban J connectivity index is 1.99. The van der Waals surface area contributed by atoms with E-state index in [1.807, 2.05) is 13.8 Å². The van der Waals surface area contributed by atoms with Crippen LogP contribution in [0.5, 0.6) is 23.4 Å². The molecule has 2 aromatic rings. The highest BCUT2D eigenvalue weighted by Gasteiger charge is 2.13. The summed E-state index contributed by atoms with van der Waals surface area (Å²) < 4.78 is 21.2. The minimum atomic E-state index is -0.364. The van der Waals surface area contributed by atoms with E-state index in [0.717, 1.165) is 0 Å². The second kappa shape index (κ2) is 9.31. The van der Waals surface area contributed by atoms with Gasteiger partial charge in [0, 0.05) is 6.07 Å². The average molecular weight is 347 g/mol. The molecule has 0 radical (unpaired) electrons. The van der Waals surface area contributed by atoms with Crippen molar-refractivity contribution < 1.29 is 23.7 Å². The second-order valence-corrected chi connectivity index (χ2v) is 4.75. The first-order valence-electron chi connectivity index (χ1n) is 7.85. The maximum Gasteiger partial charge on any atom is 0.319 e. The fourth-order valence-corrected chi connectivity index (χ4v) is 1.91. The van der Waals surface area contributed by atoms with Crippen molar-refractivity contribution in [1.29, 1.82) is 0 Å². The van der Waals surface area contributed by atoms with Gasteiger partial charge in [0.15, 0.2) is 6.61 Å². The number of methoxy groups -OCH3 is 1. The monoisotopic (exact) mass is 347 g/mol. The number of carbonyl (C=O) groups excluding carboxylic acids is 1. The van der Waals surface area contributed by atoms with Crippen LogP contribution in [0.1, 0.15) is 13.8 Å². The molecule has 8 nitrogen and oxygen atoms in total. The smallest absolute Gasteiger partial charge is 0.319 e. The van der Waals surface area contributed by atoms with Gasteiger partial charge in [0.25, 0.3) is 5.91 Å². The Morgan fingerprint density at radius 2 is 1.88 bits per heavy atom. The van der Waals surface area contributed by atoms with E-state index in [1.165, 1.54) is 6.20 Å². The summed E-state index contributed by atoms with van der Waals surface area (Å²) in [5.74, 6) is 1.06. The Kier molecular flexibility index (Phi) is 6.82. The van der Waals surface area contributed by atoms with Gasteiger partial charge in [0.05, 0.1) is 26.5 Å². The topological polar surface area (TPSA) is 91.8 Å². The molecule has 0 saturated heterocycles. The summed E-state index contributed by atoms with van der Waals surface area (Å²) in [6.45, 7) is 4.30. The van der Waals surface area contributed by atoms with Crippen LogP contribution in [-0.2, 0) is 4.79 Å². The zero-order valence-electron chi connectivity index (χ0n) is 14.4. The molecule has 0 aliphatic carbocycles. The van der Waals surface area contributed by atoms with Crippen molar-refractivity contribution >= 4 is 11.6 Å². The Bertz CT molecular complexity index is 708. The summed E-state index contributed by atoms with van der Waals surface area (Å²) in [6.07, 6.45) is 1.44. The van der Waals surface area contributed by atoms with Crippen molar-refractivity contribution in [2.45, 2.75) is 13.8 Å². The van der Waals surface area contributed by atoms with Gasteiger partial charge in [-0.05, 0) is 26.0 Å². The zero-order chi connectivity index (χ0) is 18.1. The number of amides is 1. The lowest BCUT2D eigenvalue weighted by Gasteiger charge is -2.12. The van der Waals surface area contributed by atoms with Crippen molar-refractivity contribution in [2.75, 3.05) is 32.2 Å². The van der Waals surface area contributed by atoms with E-state index in [9.17, 15) is 4.79 Å². The fraction of sp³-hybridized carbons (Fsp3) is 0.353. The van der Waals surface area contributed by atoms with Crippen LogP contribution in [0.25, 0.3) is 0 Å². The largest absolute Gasteiger partial charge is 0.497 e. The van der Waals surface area contributed by atoms with Gasteiger partial charge in [0.2, 0.25) is 5.88 Å². The van der Waals surface area contributed by atoms with Crippen LogP contribution in [0.3, 0.4) is 0 Å². The number of benzene rings is 1. The Hall–Kier alpha value is -3.03. The Morgan fingerprint density at radius 3 is 2.60 bits per heavy atom. The molecule has 0 fully saturated rings. The summed E-state index contributed by atoms with van der Waals surface area (Å²) in [5, 5.41) is 2.66. The summed E-state index contributed by atoms with van der Waals surface area (Å²) in [6, 6.07) is 7.19. The maximum atomic E-state index is 12.1. The SMILES string of the molecule is CCOc1ncc(NC(=O)COc2cccc(OC)c2)c(OCC)n1. The van der Waals surface area contributed by atoms with Crippen LogP contribution in [0.2, 0.25) is 0 Å². The van der Waals surface area contributed by atoms with Crippen molar-refractivity contribution in [3.63, 3.8) is 0 Å². The lowest BCUT2D eigenvalue weighted by molar-refractivity contribution is -0.118. The van der Waals surface area contributed by atoms with E-state index in [1.54, 1.807) is 31.4 Å². The predicted octanol–water partition coefficient (Wildman–Crippen LogP) is 2.30. The van der Waals surface area contributed by atoms with E-state index in [0.29, 0.717) is 30.4 Å². The van der Waals surface area contributed by atoms with Crippen LogP contribution in [0, 0.1) is 0 Å². The van der Waals surface area contributed by atoms with Gasteiger partial charge in [-0.1, -0.05) is 6.07 Å². The molecular weight excluding hydrogens is 326 g/mol. The minimum Gasteiger partial charge on any atom is -0.497 e. The maximum absolute atomic E-state index is 12.1. The van der Waals surface area contributed by atoms with Gasteiger partial charge >= 0.3 is 6.01 Å². The number of rotatable bonds is 9. The van der Waals surface area contributed by atoms with Gasteiger partial charge in [-0.3, -0.25) is 4.79 Å². The van der Waals surface area contributed by atoms with Gasteiger partial charge in [-0.25, -0.2) is 4.98 Å². The molecule has 1 N–H and O–H groups in total. The first-order valence-corrected chi connectivity index (χ1v) is 7.85. The molecule has 0 unspecified atom stereocenters. The molecule has 0 aliphatic rings. The number of hydrogen-bond donors (Lipinski definition) is 1. The van der Waals surface area contributed by atoms with Crippen molar-refractivity contribution in [2.24, 2.45) is 0 Å². The van der Waals surface area contributed by atoms with Crippen LogP contribution in [0.4, 0.5) is 5.69 Å². The predicted molar refractivity (Wildman–Crippen MR) is 91.5 cm³/mol. The zero-order valence-corrected chi connectivity index (χ0v) is 14.4. The molecule has 25 heavy (non-hydrogen) atoms. The normalized spacial score (nSPS) is 10.0. The van der Waals surface area contributed by atoms with Crippen molar-refractivity contribution in [3.8, 4) is 23.4 Å². The first kappa shape index (κ1) is 18.3. The molecule has 0 aliphatic heterocycles. The van der Waals surface area contributed by atoms with Gasteiger partial charge in [-0.2, -0.15) is 4.98 Å². The Labute approximate surface area is 146 Å². The van der Waals surface area contributed by atoms with E-state index < -0.39 is 0 Å². The molecule has 0 saturated carbocycles. The lowest BCUT2D eigenvalue weighted by atomic mass is 10.3. The summed E-state index contributed by atoms with van der Waals surface area (Å²) in [4.78, 5) is 20.2. The van der Waals surface area contributed by atoms with Crippen LogP contribution >= 0.6 is 0 Å². The highest BCUT2D eigenvalue weighted by molar-refractivity contribution is 5.92. The fourth-order valence-electron chi connectivity index (χ4n) is 1.91. The summed E-state index contributed by atoms with van der Waals surface area (Å²) in [7, 11) is 1.56. The van der Waals surface area contributed by atoms with Crippen LogP contribution < -0.4 is 24.3 Å².